The van der Waals surface area contributed by atoms with E-state index in [1.165, 1.54) is 13.2 Å². The molecule has 1 aromatic rings. The van der Waals surface area contributed by atoms with Crippen molar-refractivity contribution >= 4 is 23.5 Å². The van der Waals surface area contributed by atoms with Gasteiger partial charge < -0.3 is 15.2 Å². The van der Waals surface area contributed by atoms with Crippen LogP contribution in [0.2, 0.25) is 5.02 Å². The lowest BCUT2D eigenvalue weighted by atomic mass is 9.82. The lowest BCUT2D eigenvalue weighted by molar-refractivity contribution is -0.149. The van der Waals surface area contributed by atoms with Crippen LogP contribution in [0.1, 0.15) is 37.0 Å². The number of halogens is 1. The maximum Gasteiger partial charge on any atom is 0.311 e. The molecule has 5 nitrogen and oxygen atoms in total. The number of carboxylic acid groups (broad SMARTS) is 1. The molecule has 0 heterocycles. The van der Waals surface area contributed by atoms with Gasteiger partial charge in [-0.1, -0.05) is 25.4 Å². The summed E-state index contributed by atoms with van der Waals surface area (Å²) >= 11 is 5.88. The van der Waals surface area contributed by atoms with Crippen LogP contribution >= 0.6 is 11.6 Å². The van der Waals surface area contributed by atoms with Crippen molar-refractivity contribution in [3.63, 3.8) is 0 Å². The van der Waals surface area contributed by atoms with Gasteiger partial charge in [-0.15, -0.1) is 0 Å². The Morgan fingerprint density at radius 1 is 1.33 bits per heavy atom. The van der Waals surface area contributed by atoms with E-state index in [0.717, 1.165) is 0 Å². The minimum Gasteiger partial charge on any atom is -0.496 e. The van der Waals surface area contributed by atoms with Gasteiger partial charge in [-0.05, 0) is 31.0 Å². The molecule has 0 fully saturated rings. The number of benzene rings is 1. The largest absolute Gasteiger partial charge is 0.496 e. The summed E-state index contributed by atoms with van der Waals surface area (Å²) in [5.41, 5.74) is -0.668. The topological polar surface area (TPSA) is 75.6 Å². The molecule has 1 amide bonds. The van der Waals surface area contributed by atoms with Crippen LogP contribution < -0.4 is 10.1 Å². The summed E-state index contributed by atoms with van der Waals surface area (Å²) in [6.45, 7) is 3.65. The number of ether oxygens (including phenoxy) is 1. The van der Waals surface area contributed by atoms with Crippen molar-refractivity contribution in [3.05, 3.63) is 28.8 Å². The molecule has 1 aromatic carbocycles. The number of hydrogen-bond donors (Lipinski definition) is 2. The smallest absolute Gasteiger partial charge is 0.311 e. The lowest BCUT2D eigenvalue weighted by Gasteiger charge is -2.27. The number of methoxy groups -OCH3 is 1. The summed E-state index contributed by atoms with van der Waals surface area (Å²) in [6, 6.07) is 4.72. The summed E-state index contributed by atoms with van der Waals surface area (Å²) < 4.78 is 5.12. The summed E-state index contributed by atoms with van der Waals surface area (Å²) in [7, 11) is 1.46. The Hall–Kier alpha value is -1.75. The number of hydrogen-bond acceptors (Lipinski definition) is 3. The molecule has 0 saturated heterocycles. The molecule has 0 unspecified atom stereocenters. The third-order valence-corrected chi connectivity index (χ3v) is 4.04. The van der Waals surface area contributed by atoms with Crippen molar-refractivity contribution in [2.45, 2.75) is 26.7 Å². The van der Waals surface area contributed by atoms with Crippen LogP contribution in [0.5, 0.6) is 5.75 Å². The van der Waals surface area contributed by atoms with E-state index in [-0.39, 0.29) is 12.1 Å². The summed E-state index contributed by atoms with van der Waals surface area (Å²) in [6.07, 6.45) is 0.873. The lowest BCUT2D eigenvalue weighted by Crippen LogP contribution is -2.42. The van der Waals surface area contributed by atoms with Gasteiger partial charge in [-0.3, -0.25) is 9.59 Å². The molecule has 0 aliphatic heterocycles. The molecule has 0 atom stereocenters. The van der Waals surface area contributed by atoms with Crippen LogP contribution in [0.15, 0.2) is 18.2 Å². The number of rotatable bonds is 7. The van der Waals surface area contributed by atoms with Crippen LogP contribution in [-0.2, 0) is 4.79 Å². The third kappa shape index (κ3) is 3.88. The number of aliphatic carboxylic acids is 1. The molecular weight excluding hydrogens is 294 g/mol. The number of carboxylic acids is 1. The van der Waals surface area contributed by atoms with Crippen LogP contribution in [0.4, 0.5) is 0 Å². The van der Waals surface area contributed by atoms with E-state index in [1.807, 2.05) is 0 Å². The van der Waals surface area contributed by atoms with Crippen molar-refractivity contribution < 1.29 is 19.4 Å². The van der Waals surface area contributed by atoms with Gasteiger partial charge in [0.25, 0.3) is 5.91 Å². The minimum atomic E-state index is -0.957. The molecule has 116 valence electrons. The Bertz CT molecular complexity index is 526. The van der Waals surface area contributed by atoms with Crippen LogP contribution in [0.25, 0.3) is 0 Å². The van der Waals surface area contributed by atoms with Crippen LogP contribution in [0, 0.1) is 5.41 Å². The summed E-state index contributed by atoms with van der Waals surface area (Å²) in [5.74, 6) is -0.918. The van der Waals surface area contributed by atoms with E-state index in [1.54, 1.807) is 26.0 Å². The highest BCUT2D eigenvalue weighted by Gasteiger charge is 2.35. The Labute approximate surface area is 129 Å². The predicted molar refractivity (Wildman–Crippen MR) is 81.0 cm³/mol. The molecule has 0 aliphatic rings. The number of amides is 1. The van der Waals surface area contributed by atoms with Crippen molar-refractivity contribution in [1.82, 2.24) is 5.32 Å². The van der Waals surface area contributed by atoms with Gasteiger partial charge >= 0.3 is 5.97 Å². The monoisotopic (exact) mass is 313 g/mol. The highest BCUT2D eigenvalue weighted by atomic mass is 35.5. The van der Waals surface area contributed by atoms with E-state index in [9.17, 15) is 14.7 Å². The van der Waals surface area contributed by atoms with Crippen molar-refractivity contribution in [2.24, 2.45) is 5.41 Å². The Morgan fingerprint density at radius 3 is 2.43 bits per heavy atom. The van der Waals surface area contributed by atoms with E-state index < -0.39 is 17.3 Å². The van der Waals surface area contributed by atoms with Crippen molar-refractivity contribution in [2.75, 3.05) is 13.7 Å². The first-order chi connectivity index (χ1) is 9.90. The first-order valence-corrected chi connectivity index (χ1v) is 7.13. The quantitative estimate of drug-likeness (QED) is 0.811. The van der Waals surface area contributed by atoms with Gasteiger partial charge in [0, 0.05) is 11.6 Å². The van der Waals surface area contributed by atoms with Gasteiger partial charge in [0.15, 0.2) is 0 Å². The highest BCUT2D eigenvalue weighted by molar-refractivity contribution is 6.31. The second kappa shape index (κ2) is 7.31. The third-order valence-electron chi connectivity index (χ3n) is 3.80. The molecule has 2 N–H and O–H groups in total. The van der Waals surface area contributed by atoms with E-state index in [2.05, 4.69) is 5.32 Å². The average molecular weight is 314 g/mol. The van der Waals surface area contributed by atoms with Crippen LogP contribution in [0.3, 0.4) is 0 Å². The van der Waals surface area contributed by atoms with Gasteiger partial charge in [-0.25, -0.2) is 0 Å². The second-order valence-corrected chi connectivity index (χ2v) is 5.26. The van der Waals surface area contributed by atoms with Gasteiger partial charge in [0.1, 0.15) is 5.75 Å². The second-order valence-electron chi connectivity index (χ2n) is 4.82. The average Bonchev–Trinajstić information content (AvgIpc) is 2.48. The molecule has 0 radical (unpaired) electrons. The fourth-order valence-electron chi connectivity index (χ4n) is 2.08. The first-order valence-electron chi connectivity index (χ1n) is 6.75. The zero-order valence-electron chi connectivity index (χ0n) is 12.4. The van der Waals surface area contributed by atoms with Crippen molar-refractivity contribution in [1.29, 1.82) is 0 Å². The molecule has 0 spiro atoms. The minimum absolute atomic E-state index is 0.0594. The maximum absolute atomic E-state index is 12.2. The molecular formula is C15H20ClNO4. The fourth-order valence-corrected chi connectivity index (χ4v) is 2.25. The summed E-state index contributed by atoms with van der Waals surface area (Å²) in [5, 5.41) is 12.4. The molecule has 0 bridgehead atoms. The Morgan fingerprint density at radius 2 is 1.95 bits per heavy atom. The maximum atomic E-state index is 12.2. The standard InChI is InChI=1S/C15H20ClNO4/c1-4-15(5-2,14(19)20)9-17-13(18)11-8-10(16)6-7-12(11)21-3/h6-8H,4-5,9H2,1-3H3,(H,17,18)(H,19,20). The normalized spacial score (nSPS) is 11.0. The molecule has 6 heteroatoms. The first kappa shape index (κ1) is 17.3. The van der Waals surface area contributed by atoms with E-state index in [4.69, 9.17) is 16.3 Å². The van der Waals surface area contributed by atoms with Gasteiger partial charge in [-0.2, -0.15) is 0 Å². The van der Waals surface area contributed by atoms with E-state index in [0.29, 0.717) is 23.6 Å². The van der Waals surface area contributed by atoms with Gasteiger partial charge in [0.05, 0.1) is 18.1 Å². The van der Waals surface area contributed by atoms with Crippen molar-refractivity contribution in [3.8, 4) is 5.75 Å². The number of carbonyl (C=O) groups is 2. The molecule has 0 saturated carbocycles. The molecule has 0 aromatic heterocycles. The van der Waals surface area contributed by atoms with Gasteiger partial charge in [0.2, 0.25) is 0 Å². The zero-order chi connectivity index (χ0) is 16.0. The fraction of sp³-hybridized carbons (Fsp3) is 0.467. The number of carbonyl (C=O) groups excluding carboxylic acids is 1. The Kier molecular flexibility index (Phi) is 6.03. The Balaban J connectivity index is 2.91. The number of nitrogens with one attached hydrogen (secondary N) is 1. The highest BCUT2D eigenvalue weighted by Crippen LogP contribution is 2.27. The molecule has 0 aliphatic carbocycles. The zero-order valence-corrected chi connectivity index (χ0v) is 13.2. The molecule has 21 heavy (non-hydrogen) atoms. The van der Waals surface area contributed by atoms with Crippen LogP contribution in [-0.4, -0.2) is 30.6 Å². The van der Waals surface area contributed by atoms with E-state index >= 15 is 0 Å². The SMILES string of the molecule is CCC(CC)(CNC(=O)c1cc(Cl)ccc1OC)C(=O)O. The molecule has 1 rings (SSSR count). The predicted octanol–water partition coefficient (Wildman–Crippen LogP) is 2.97. The summed E-state index contributed by atoms with van der Waals surface area (Å²) in [4.78, 5) is 23.6.